The van der Waals surface area contributed by atoms with E-state index in [2.05, 4.69) is 10.2 Å². The van der Waals surface area contributed by atoms with Gasteiger partial charge in [-0.15, -0.1) is 0 Å². The molecule has 66 valence electrons. The second-order valence-corrected chi connectivity index (χ2v) is 2.35. The zero-order chi connectivity index (χ0) is 8.53. The van der Waals surface area contributed by atoms with E-state index in [-0.39, 0.29) is 5.91 Å². The van der Waals surface area contributed by atoms with Crippen LogP contribution in [0.25, 0.3) is 0 Å². The Balaban J connectivity index is 2.95. The van der Waals surface area contributed by atoms with Gasteiger partial charge >= 0.3 is 0 Å². The van der Waals surface area contributed by atoms with Gasteiger partial charge in [0.2, 0.25) is 5.91 Å². The number of nitrogens with two attached hydrogens (primary N) is 1. The zero-order valence-electron chi connectivity index (χ0n) is 6.93. The molecule has 0 saturated heterocycles. The van der Waals surface area contributed by atoms with Gasteiger partial charge in [-0.05, 0) is 12.8 Å². The summed E-state index contributed by atoms with van der Waals surface area (Å²) in [5.41, 5.74) is 0. The van der Waals surface area contributed by atoms with Crippen LogP contribution in [-0.2, 0) is 9.63 Å². The summed E-state index contributed by atoms with van der Waals surface area (Å²) < 4.78 is 0. The van der Waals surface area contributed by atoms with Crippen LogP contribution in [0.5, 0.6) is 0 Å². The molecule has 0 unspecified atom stereocenters. The zero-order valence-corrected chi connectivity index (χ0v) is 6.93. The molecule has 0 heterocycles. The van der Waals surface area contributed by atoms with Crippen LogP contribution in [0.2, 0.25) is 0 Å². The van der Waals surface area contributed by atoms with Crippen molar-refractivity contribution in [1.29, 1.82) is 0 Å². The Bertz CT molecular complexity index is 107. The number of amides is 1. The van der Waals surface area contributed by atoms with E-state index in [1.807, 2.05) is 0 Å². The maximum absolute atomic E-state index is 10.7. The van der Waals surface area contributed by atoms with Crippen LogP contribution in [0, 0.1) is 0 Å². The van der Waals surface area contributed by atoms with Crippen LogP contribution in [0.4, 0.5) is 0 Å². The summed E-state index contributed by atoms with van der Waals surface area (Å²) in [5, 5.41) is 2.56. The van der Waals surface area contributed by atoms with Crippen LogP contribution in [0.15, 0.2) is 0 Å². The molecule has 3 N–H and O–H groups in total. The van der Waals surface area contributed by atoms with Gasteiger partial charge in [0.15, 0.2) is 0 Å². The van der Waals surface area contributed by atoms with Gasteiger partial charge in [-0.1, -0.05) is 6.42 Å². The van der Waals surface area contributed by atoms with E-state index in [0.717, 1.165) is 19.3 Å². The van der Waals surface area contributed by atoms with Crippen LogP contribution >= 0.6 is 0 Å². The molecule has 0 spiro atoms. The maximum atomic E-state index is 10.7. The van der Waals surface area contributed by atoms with Crippen molar-refractivity contribution in [2.75, 3.05) is 13.7 Å². The quantitative estimate of drug-likeness (QED) is 0.430. The van der Waals surface area contributed by atoms with E-state index in [1.54, 1.807) is 7.05 Å². The fourth-order valence-electron chi connectivity index (χ4n) is 0.773. The van der Waals surface area contributed by atoms with Gasteiger partial charge in [-0.25, -0.2) is 5.90 Å². The van der Waals surface area contributed by atoms with Gasteiger partial charge in [0.25, 0.3) is 0 Å². The first kappa shape index (κ1) is 10.4. The lowest BCUT2D eigenvalue weighted by Crippen LogP contribution is -2.16. The summed E-state index contributed by atoms with van der Waals surface area (Å²) in [6.07, 6.45) is 3.42. The first-order valence-corrected chi connectivity index (χ1v) is 3.83. The fraction of sp³-hybridized carbons (Fsp3) is 0.857. The lowest BCUT2D eigenvalue weighted by molar-refractivity contribution is -0.120. The third-order valence-electron chi connectivity index (χ3n) is 1.44. The molecular formula is C7H16N2O2. The Kier molecular flexibility index (Phi) is 7.08. The van der Waals surface area contributed by atoms with Crippen molar-refractivity contribution in [2.24, 2.45) is 5.90 Å². The summed E-state index contributed by atoms with van der Waals surface area (Å²) in [6.45, 7) is 0.577. The van der Waals surface area contributed by atoms with E-state index in [9.17, 15) is 4.79 Å². The molecule has 0 fully saturated rings. The second kappa shape index (κ2) is 7.50. The molecule has 11 heavy (non-hydrogen) atoms. The molecule has 0 saturated carbocycles. The van der Waals surface area contributed by atoms with E-state index in [0.29, 0.717) is 13.0 Å². The summed E-state index contributed by atoms with van der Waals surface area (Å²) in [6, 6.07) is 0. The molecule has 0 radical (unpaired) electrons. The molecule has 0 aliphatic heterocycles. The van der Waals surface area contributed by atoms with E-state index in [4.69, 9.17) is 5.90 Å². The van der Waals surface area contributed by atoms with Gasteiger partial charge in [0, 0.05) is 13.5 Å². The maximum Gasteiger partial charge on any atom is 0.219 e. The minimum absolute atomic E-state index is 0.0960. The van der Waals surface area contributed by atoms with Crippen molar-refractivity contribution >= 4 is 5.91 Å². The highest BCUT2D eigenvalue weighted by Gasteiger charge is 1.96. The normalized spacial score (nSPS) is 9.64. The topological polar surface area (TPSA) is 64.3 Å². The molecule has 0 rings (SSSR count). The Hall–Kier alpha value is -0.610. The third kappa shape index (κ3) is 7.29. The number of carbonyl (C=O) groups is 1. The summed E-state index contributed by atoms with van der Waals surface area (Å²) in [5.74, 6) is 4.91. The Morgan fingerprint density at radius 1 is 1.45 bits per heavy atom. The van der Waals surface area contributed by atoms with Crippen LogP contribution < -0.4 is 11.2 Å². The first-order valence-electron chi connectivity index (χ1n) is 3.83. The number of nitrogens with one attached hydrogen (secondary N) is 1. The second-order valence-electron chi connectivity index (χ2n) is 2.35. The van der Waals surface area contributed by atoms with Crippen LogP contribution in [-0.4, -0.2) is 19.6 Å². The highest BCUT2D eigenvalue weighted by Crippen LogP contribution is 1.98. The Morgan fingerprint density at radius 3 is 2.73 bits per heavy atom. The fourth-order valence-corrected chi connectivity index (χ4v) is 0.773. The molecule has 0 bridgehead atoms. The van der Waals surface area contributed by atoms with Crippen LogP contribution in [0.1, 0.15) is 25.7 Å². The number of unbranched alkanes of at least 4 members (excludes halogenated alkanes) is 2. The highest BCUT2D eigenvalue weighted by atomic mass is 16.6. The highest BCUT2D eigenvalue weighted by molar-refractivity contribution is 5.75. The molecule has 0 aromatic heterocycles. The van der Waals surface area contributed by atoms with Crippen molar-refractivity contribution < 1.29 is 9.63 Å². The summed E-state index contributed by atoms with van der Waals surface area (Å²) >= 11 is 0. The number of hydrogen-bond donors (Lipinski definition) is 2. The van der Waals surface area contributed by atoms with Crippen molar-refractivity contribution in [3.63, 3.8) is 0 Å². The minimum atomic E-state index is 0.0960. The minimum Gasteiger partial charge on any atom is -0.359 e. The van der Waals surface area contributed by atoms with E-state index < -0.39 is 0 Å². The molecule has 0 aliphatic carbocycles. The molecule has 1 amide bonds. The Labute approximate surface area is 67.0 Å². The van der Waals surface area contributed by atoms with Gasteiger partial charge in [0.05, 0.1) is 6.61 Å². The molecule has 0 aromatic carbocycles. The number of rotatable bonds is 6. The number of carbonyl (C=O) groups excluding carboxylic acids is 1. The lowest BCUT2D eigenvalue weighted by atomic mass is 10.2. The summed E-state index contributed by atoms with van der Waals surface area (Å²) in [4.78, 5) is 15.1. The monoisotopic (exact) mass is 160 g/mol. The van der Waals surface area contributed by atoms with Gasteiger partial charge in [-0.2, -0.15) is 0 Å². The molecule has 0 aromatic rings. The summed E-state index contributed by atoms with van der Waals surface area (Å²) in [7, 11) is 1.64. The van der Waals surface area contributed by atoms with Crippen molar-refractivity contribution in [1.82, 2.24) is 5.32 Å². The van der Waals surface area contributed by atoms with Crippen molar-refractivity contribution in [3.8, 4) is 0 Å². The molecule has 0 aliphatic rings. The van der Waals surface area contributed by atoms with Gasteiger partial charge in [0.1, 0.15) is 0 Å². The van der Waals surface area contributed by atoms with Crippen molar-refractivity contribution in [2.45, 2.75) is 25.7 Å². The van der Waals surface area contributed by atoms with Gasteiger partial charge in [-0.3, -0.25) is 4.79 Å². The standard InChI is InChI=1S/C7H16N2O2/c1-9-7(10)5-3-2-4-6-11-8/h2-6,8H2,1H3,(H,9,10). The average Bonchev–Trinajstić information content (AvgIpc) is 2.04. The Morgan fingerprint density at radius 2 is 2.18 bits per heavy atom. The third-order valence-corrected chi connectivity index (χ3v) is 1.44. The van der Waals surface area contributed by atoms with Gasteiger partial charge < -0.3 is 10.2 Å². The van der Waals surface area contributed by atoms with Crippen molar-refractivity contribution in [3.05, 3.63) is 0 Å². The van der Waals surface area contributed by atoms with E-state index in [1.165, 1.54) is 0 Å². The molecule has 4 heteroatoms. The smallest absolute Gasteiger partial charge is 0.219 e. The average molecular weight is 160 g/mol. The molecule has 4 nitrogen and oxygen atoms in total. The number of hydrogen-bond acceptors (Lipinski definition) is 3. The molecular weight excluding hydrogens is 144 g/mol. The largest absolute Gasteiger partial charge is 0.359 e. The van der Waals surface area contributed by atoms with E-state index >= 15 is 0 Å². The van der Waals surface area contributed by atoms with Crippen LogP contribution in [0.3, 0.4) is 0 Å². The predicted octanol–water partition coefficient (Wildman–Crippen LogP) is 0.183. The first-order chi connectivity index (χ1) is 5.31. The predicted molar refractivity (Wildman–Crippen MR) is 42.7 cm³/mol. The molecule has 0 atom stereocenters. The lowest BCUT2D eigenvalue weighted by Gasteiger charge is -1.99. The SMILES string of the molecule is CNC(=O)CCCCCON.